The number of nitrogens with two attached hydrogens (primary N) is 1. The van der Waals surface area contributed by atoms with E-state index in [4.69, 9.17) is 10.5 Å². The molecule has 0 aromatic heterocycles. The van der Waals surface area contributed by atoms with E-state index in [1.54, 1.807) is 13.8 Å². The van der Waals surface area contributed by atoms with Crippen molar-refractivity contribution in [2.75, 3.05) is 13.2 Å². The van der Waals surface area contributed by atoms with E-state index in [1.807, 2.05) is 5.32 Å². The molecule has 11 N–H and O–H groups in total. The van der Waals surface area contributed by atoms with Gasteiger partial charge in [-0.25, -0.2) is 0 Å². The molecule has 22 nitrogen and oxygen atoms in total. The van der Waals surface area contributed by atoms with Gasteiger partial charge in [-0.05, 0) is 26.2 Å². The molecule has 0 bridgehead atoms. The summed E-state index contributed by atoms with van der Waals surface area (Å²) in [4.78, 5) is 137. The van der Waals surface area contributed by atoms with Crippen molar-refractivity contribution in [3.05, 3.63) is 12.7 Å². The Morgan fingerprint density at radius 3 is 1.82 bits per heavy atom. The molecule has 0 aliphatic rings. The van der Waals surface area contributed by atoms with E-state index in [9.17, 15) is 63.0 Å². The van der Waals surface area contributed by atoms with Crippen LogP contribution < -0.4 is 43.0 Å². The molecule has 0 unspecified atom stereocenters. The van der Waals surface area contributed by atoms with Crippen LogP contribution in [0.4, 0.5) is 0 Å². The summed E-state index contributed by atoms with van der Waals surface area (Å²) in [6, 6.07) is -9.57. The highest BCUT2D eigenvalue weighted by Crippen LogP contribution is 2.09. The molecular formula is C33H52N8O14. The molecule has 0 aromatic rings. The summed E-state index contributed by atoms with van der Waals surface area (Å²) in [6.07, 6.45) is -1.62. The van der Waals surface area contributed by atoms with E-state index >= 15 is 0 Å². The highest BCUT2D eigenvalue weighted by atomic mass is 16.5. The number of primary amides is 1. The second-order valence-corrected chi connectivity index (χ2v) is 12.5. The van der Waals surface area contributed by atoms with Crippen molar-refractivity contribution in [3.63, 3.8) is 0 Å². The first-order valence-corrected chi connectivity index (χ1v) is 17.1. The van der Waals surface area contributed by atoms with Gasteiger partial charge in [0, 0.05) is 26.8 Å². The molecule has 0 saturated heterocycles. The fourth-order valence-electron chi connectivity index (χ4n) is 4.51. The molecular weight excluding hydrogens is 732 g/mol. The van der Waals surface area contributed by atoms with Crippen LogP contribution in [0, 0.1) is 5.92 Å². The molecule has 0 rings (SSSR count). The zero-order valence-electron chi connectivity index (χ0n) is 31.5. The molecule has 0 spiro atoms. The van der Waals surface area contributed by atoms with E-state index in [0.29, 0.717) is 6.42 Å². The van der Waals surface area contributed by atoms with Crippen molar-refractivity contribution in [1.29, 1.82) is 0 Å². The Morgan fingerprint density at radius 2 is 1.33 bits per heavy atom. The maximum absolute atomic E-state index is 13.2. The van der Waals surface area contributed by atoms with E-state index in [2.05, 4.69) is 38.5 Å². The standard InChI is InChI=1S/C33H52N8O14/c1-8-12-55-24(47)11-10-20(28(34)49)38-30(51)21(13-23(45)46)39-33(54)27(48)22(14-35-18(6)43)40-29(50)16(4)36-32(53)26(17(5)42)41-31(52)25(15(3)9-2)37-19(7)44/h8,15-17,20-22,25-26,42H,1,9-14H2,2-7H3,(H2,34,49)(H,35,43)(H,36,53)(H,37,44)(H,38,51)(H,39,54)(H,40,50)(H,41,52)(H,45,46)/t15-,16-,17+,20-,21-,22-,25-,26-/m0/s1. The molecule has 55 heavy (non-hydrogen) atoms. The van der Waals surface area contributed by atoms with Gasteiger partial charge in [0.05, 0.1) is 12.5 Å². The third kappa shape index (κ3) is 18.6. The SMILES string of the molecule is C=CCOC(=O)CC[C@H](NC(=O)[C@H](CC(=O)O)NC(=O)C(=O)[C@H](CNC(C)=O)NC(=O)[C@H](C)NC(=O)[C@@H](NC(=O)[C@@H](NC(C)=O)[C@@H](C)CC)[C@@H](C)O)C(N)=O. The topological polar surface area (TPSA) is 348 Å². The number of carboxylic acid groups (broad SMARTS) is 1. The minimum atomic E-state index is -1.99. The fourth-order valence-corrected chi connectivity index (χ4v) is 4.51. The van der Waals surface area contributed by atoms with Gasteiger partial charge in [-0.2, -0.15) is 0 Å². The van der Waals surface area contributed by atoms with Crippen LogP contribution in [-0.4, -0.2) is 131 Å². The molecule has 0 radical (unpaired) electrons. The van der Waals surface area contributed by atoms with Crippen LogP contribution >= 0.6 is 0 Å². The Hall–Kier alpha value is -5.93. The lowest BCUT2D eigenvalue weighted by Crippen LogP contribution is -2.61. The number of ether oxygens (including phenoxy) is 1. The first-order chi connectivity index (χ1) is 25.5. The number of hydrogen-bond donors (Lipinski definition) is 10. The van der Waals surface area contributed by atoms with Gasteiger partial charge < -0.3 is 57.9 Å². The van der Waals surface area contributed by atoms with Crippen LogP contribution in [0.15, 0.2) is 12.7 Å². The maximum atomic E-state index is 13.2. The van der Waals surface area contributed by atoms with E-state index < -0.39 is 127 Å². The summed E-state index contributed by atoms with van der Waals surface area (Å²) in [5.74, 6) is -12.4. The van der Waals surface area contributed by atoms with Crippen molar-refractivity contribution < 1.29 is 67.7 Å². The predicted molar refractivity (Wildman–Crippen MR) is 190 cm³/mol. The Bertz CT molecular complexity index is 1470. The third-order valence-electron chi connectivity index (χ3n) is 7.74. The third-order valence-corrected chi connectivity index (χ3v) is 7.74. The minimum absolute atomic E-state index is 0.131. The largest absolute Gasteiger partial charge is 0.481 e. The number of amides is 8. The number of carbonyl (C=O) groups excluding carboxylic acids is 10. The molecule has 22 heteroatoms. The summed E-state index contributed by atoms with van der Waals surface area (Å²) in [5, 5.41) is 35.0. The van der Waals surface area contributed by atoms with Gasteiger partial charge in [-0.3, -0.25) is 52.7 Å². The van der Waals surface area contributed by atoms with Crippen LogP contribution in [0.3, 0.4) is 0 Å². The molecule has 0 fully saturated rings. The normalized spacial score (nSPS) is 15.0. The van der Waals surface area contributed by atoms with Crippen molar-refractivity contribution in [2.24, 2.45) is 11.7 Å². The van der Waals surface area contributed by atoms with E-state index in [0.717, 1.165) is 13.8 Å². The van der Waals surface area contributed by atoms with Crippen LogP contribution in [0.5, 0.6) is 0 Å². The Kier molecular flexibility index (Phi) is 21.8. The van der Waals surface area contributed by atoms with Crippen molar-refractivity contribution in [2.45, 2.75) is 110 Å². The zero-order valence-corrected chi connectivity index (χ0v) is 31.5. The van der Waals surface area contributed by atoms with E-state index in [1.165, 1.54) is 19.9 Å². The molecule has 0 aliphatic carbocycles. The highest BCUT2D eigenvalue weighted by Gasteiger charge is 2.36. The highest BCUT2D eigenvalue weighted by molar-refractivity contribution is 6.39. The van der Waals surface area contributed by atoms with Crippen LogP contribution in [0.2, 0.25) is 0 Å². The first kappa shape index (κ1) is 49.1. The number of rotatable bonds is 25. The van der Waals surface area contributed by atoms with Gasteiger partial charge in [0.1, 0.15) is 42.9 Å². The van der Waals surface area contributed by atoms with Gasteiger partial charge >= 0.3 is 11.9 Å². The predicted octanol–water partition coefficient (Wildman–Crippen LogP) is -4.46. The van der Waals surface area contributed by atoms with E-state index in [-0.39, 0.29) is 18.9 Å². The van der Waals surface area contributed by atoms with Gasteiger partial charge in [0.25, 0.3) is 5.91 Å². The van der Waals surface area contributed by atoms with Crippen molar-refractivity contribution in [3.8, 4) is 0 Å². The number of aliphatic hydroxyl groups excluding tert-OH is 1. The number of aliphatic hydroxyl groups is 1. The minimum Gasteiger partial charge on any atom is -0.481 e. The van der Waals surface area contributed by atoms with Gasteiger partial charge in [-0.15, -0.1) is 0 Å². The number of nitrogens with one attached hydrogen (secondary N) is 7. The number of Topliss-reactive ketones (excluding diaryl/α,β-unsaturated/α-hetero) is 1. The molecule has 0 heterocycles. The number of ketones is 1. The van der Waals surface area contributed by atoms with Gasteiger partial charge in [0.15, 0.2) is 0 Å². The number of carbonyl (C=O) groups is 11. The summed E-state index contributed by atoms with van der Waals surface area (Å²) in [5.41, 5.74) is 5.29. The van der Waals surface area contributed by atoms with Crippen LogP contribution in [0.1, 0.15) is 67.2 Å². The summed E-state index contributed by atoms with van der Waals surface area (Å²) < 4.78 is 4.78. The number of aliphatic carboxylic acids is 1. The van der Waals surface area contributed by atoms with Crippen molar-refractivity contribution >= 4 is 65.0 Å². The second kappa shape index (κ2) is 24.4. The van der Waals surface area contributed by atoms with Crippen LogP contribution in [-0.2, 0) is 57.5 Å². The lowest BCUT2D eigenvalue weighted by molar-refractivity contribution is -0.144. The molecule has 8 amide bonds. The Morgan fingerprint density at radius 1 is 0.745 bits per heavy atom. The fraction of sp³-hybridized carbons (Fsp3) is 0.606. The second-order valence-electron chi connectivity index (χ2n) is 12.5. The van der Waals surface area contributed by atoms with Crippen molar-refractivity contribution in [1.82, 2.24) is 37.2 Å². The number of hydrogen-bond acceptors (Lipinski definition) is 13. The first-order valence-electron chi connectivity index (χ1n) is 17.1. The smallest absolute Gasteiger partial charge is 0.306 e. The summed E-state index contributed by atoms with van der Waals surface area (Å²) in [6.45, 7) is 10.6. The molecule has 0 aliphatic heterocycles. The average Bonchev–Trinajstić information content (AvgIpc) is 3.09. The van der Waals surface area contributed by atoms with Crippen LogP contribution in [0.25, 0.3) is 0 Å². The molecule has 308 valence electrons. The summed E-state index contributed by atoms with van der Waals surface area (Å²) in [7, 11) is 0. The quantitative estimate of drug-likeness (QED) is 0.0237. The van der Waals surface area contributed by atoms with Gasteiger partial charge in [-0.1, -0.05) is 32.9 Å². The monoisotopic (exact) mass is 784 g/mol. The zero-order chi connectivity index (χ0) is 42.6. The molecule has 0 saturated carbocycles. The lowest BCUT2D eigenvalue weighted by Gasteiger charge is -2.28. The molecule has 8 atom stereocenters. The average molecular weight is 785 g/mol. The lowest BCUT2D eigenvalue weighted by atomic mass is 9.97. The van der Waals surface area contributed by atoms with Gasteiger partial charge in [0.2, 0.25) is 47.1 Å². The molecule has 0 aromatic carbocycles. The Labute approximate surface area is 316 Å². The maximum Gasteiger partial charge on any atom is 0.306 e. The summed E-state index contributed by atoms with van der Waals surface area (Å²) >= 11 is 0. The number of carboxylic acids is 1. The number of esters is 1. The Balaban J connectivity index is 5.97.